The van der Waals surface area contributed by atoms with Crippen LogP contribution in [0.15, 0.2) is 54.6 Å². The van der Waals surface area contributed by atoms with Crippen LogP contribution < -0.4 is 10.2 Å². The Labute approximate surface area is 179 Å². The molecule has 5 nitrogen and oxygen atoms in total. The fourth-order valence-corrected chi connectivity index (χ4v) is 3.77. The van der Waals surface area contributed by atoms with Crippen molar-refractivity contribution in [2.24, 2.45) is 0 Å². The molecule has 0 aliphatic carbocycles. The third-order valence-electron chi connectivity index (χ3n) is 4.92. The summed E-state index contributed by atoms with van der Waals surface area (Å²) in [4.78, 5) is 14.8. The molecule has 0 radical (unpaired) electrons. The van der Waals surface area contributed by atoms with Gasteiger partial charge in [0.25, 0.3) is 5.91 Å². The molecule has 0 unspecified atom stereocenters. The second kappa shape index (κ2) is 8.80. The summed E-state index contributed by atoms with van der Waals surface area (Å²) in [6, 6.07) is 16.3. The van der Waals surface area contributed by atoms with E-state index in [4.69, 9.17) is 23.2 Å². The predicted molar refractivity (Wildman–Crippen MR) is 118 cm³/mol. The number of carbonyl (C=O) groups excluding carboxylic acids is 1. The van der Waals surface area contributed by atoms with Crippen LogP contribution in [0.1, 0.15) is 29.6 Å². The van der Waals surface area contributed by atoms with Crippen molar-refractivity contribution in [2.75, 3.05) is 23.3 Å². The molecule has 0 atom stereocenters. The Morgan fingerprint density at radius 1 is 0.931 bits per heavy atom. The molecule has 4 rings (SSSR count). The van der Waals surface area contributed by atoms with Crippen molar-refractivity contribution in [1.82, 2.24) is 10.2 Å². The second-order valence-corrected chi connectivity index (χ2v) is 7.83. The Morgan fingerprint density at radius 2 is 1.76 bits per heavy atom. The minimum absolute atomic E-state index is 0.318. The normalized spacial score (nSPS) is 13.9. The van der Waals surface area contributed by atoms with Crippen LogP contribution in [0, 0.1) is 0 Å². The first kappa shape index (κ1) is 19.7. The van der Waals surface area contributed by atoms with E-state index < -0.39 is 0 Å². The minimum atomic E-state index is -0.318. The van der Waals surface area contributed by atoms with Crippen molar-refractivity contribution < 1.29 is 4.79 Å². The summed E-state index contributed by atoms with van der Waals surface area (Å²) >= 11 is 12.1. The zero-order chi connectivity index (χ0) is 20.2. The molecule has 0 spiro atoms. The standard InChI is InChI=1S/C22H20Cl2N4O/c23-16-7-8-19(24)18(14-16)22(29)25-17-6-4-5-15(13-17)20-9-10-21(27-26-20)28-11-2-1-3-12-28/h4-10,13-14H,1-3,11-12H2,(H,25,29). The van der Waals surface area contributed by atoms with Crippen LogP contribution in [-0.2, 0) is 0 Å². The molecular weight excluding hydrogens is 407 g/mol. The van der Waals surface area contributed by atoms with Crippen molar-refractivity contribution >= 4 is 40.6 Å². The monoisotopic (exact) mass is 426 g/mol. The van der Waals surface area contributed by atoms with Crippen LogP contribution >= 0.6 is 23.2 Å². The molecule has 2 aromatic carbocycles. The minimum Gasteiger partial charge on any atom is -0.355 e. The molecule has 1 N–H and O–H groups in total. The van der Waals surface area contributed by atoms with Gasteiger partial charge in [0.2, 0.25) is 0 Å². The SMILES string of the molecule is O=C(Nc1cccc(-c2ccc(N3CCCCC3)nn2)c1)c1cc(Cl)ccc1Cl. The number of hydrogen-bond donors (Lipinski definition) is 1. The Morgan fingerprint density at radius 3 is 2.52 bits per heavy atom. The van der Waals surface area contributed by atoms with Gasteiger partial charge in [0.05, 0.1) is 16.3 Å². The number of anilines is 2. The summed E-state index contributed by atoms with van der Waals surface area (Å²) in [6.45, 7) is 2.06. The van der Waals surface area contributed by atoms with E-state index in [-0.39, 0.29) is 5.91 Å². The first-order valence-corrected chi connectivity index (χ1v) is 10.3. The highest BCUT2D eigenvalue weighted by Crippen LogP contribution is 2.25. The largest absolute Gasteiger partial charge is 0.355 e. The van der Waals surface area contributed by atoms with Gasteiger partial charge >= 0.3 is 0 Å². The number of nitrogens with zero attached hydrogens (tertiary/aromatic N) is 3. The zero-order valence-corrected chi connectivity index (χ0v) is 17.2. The highest BCUT2D eigenvalue weighted by Gasteiger charge is 2.14. The predicted octanol–water partition coefficient (Wildman–Crippen LogP) is 5.69. The van der Waals surface area contributed by atoms with E-state index in [0.29, 0.717) is 21.3 Å². The van der Waals surface area contributed by atoms with Gasteiger partial charge < -0.3 is 10.2 Å². The summed E-state index contributed by atoms with van der Waals surface area (Å²) < 4.78 is 0. The molecule has 1 aromatic heterocycles. The first-order chi connectivity index (χ1) is 14.1. The number of rotatable bonds is 4. The summed E-state index contributed by atoms with van der Waals surface area (Å²) in [5, 5.41) is 12.4. The van der Waals surface area contributed by atoms with E-state index in [1.807, 2.05) is 36.4 Å². The fraction of sp³-hybridized carbons (Fsp3) is 0.227. The smallest absolute Gasteiger partial charge is 0.257 e. The molecule has 0 saturated carbocycles. The Kier molecular flexibility index (Phi) is 5.97. The van der Waals surface area contributed by atoms with Crippen LogP contribution in [0.5, 0.6) is 0 Å². The van der Waals surface area contributed by atoms with Crippen molar-refractivity contribution in [3.63, 3.8) is 0 Å². The van der Waals surface area contributed by atoms with Gasteiger partial charge in [-0.05, 0) is 61.7 Å². The van der Waals surface area contributed by atoms with E-state index in [2.05, 4.69) is 20.4 Å². The lowest BCUT2D eigenvalue weighted by Crippen LogP contribution is -2.30. The number of hydrogen-bond acceptors (Lipinski definition) is 4. The molecular formula is C22H20Cl2N4O. The van der Waals surface area contributed by atoms with E-state index in [1.54, 1.807) is 18.2 Å². The van der Waals surface area contributed by atoms with Gasteiger partial charge in [0, 0.05) is 29.4 Å². The van der Waals surface area contributed by atoms with Crippen molar-refractivity contribution in [3.8, 4) is 11.3 Å². The van der Waals surface area contributed by atoms with Crippen molar-refractivity contribution in [3.05, 3.63) is 70.2 Å². The summed E-state index contributed by atoms with van der Waals surface area (Å²) in [7, 11) is 0. The molecule has 3 aromatic rings. The third kappa shape index (κ3) is 4.69. The van der Waals surface area contributed by atoms with Crippen LogP contribution in [-0.4, -0.2) is 29.2 Å². The van der Waals surface area contributed by atoms with Gasteiger partial charge in [-0.15, -0.1) is 10.2 Å². The van der Waals surface area contributed by atoms with Crippen LogP contribution in [0.4, 0.5) is 11.5 Å². The molecule has 1 fully saturated rings. The first-order valence-electron chi connectivity index (χ1n) is 9.56. The molecule has 1 aliphatic rings. The number of benzene rings is 2. The highest BCUT2D eigenvalue weighted by molar-refractivity contribution is 6.36. The maximum Gasteiger partial charge on any atom is 0.257 e. The van der Waals surface area contributed by atoms with Gasteiger partial charge in [-0.2, -0.15) is 0 Å². The van der Waals surface area contributed by atoms with Gasteiger partial charge in [0.15, 0.2) is 5.82 Å². The van der Waals surface area contributed by atoms with Crippen molar-refractivity contribution in [2.45, 2.75) is 19.3 Å². The van der Waals surface area contributed by atoms with Crippen LogP contribution in [0.3, 0.4) is 0 Å². The van der Waals surface area contributed by atoms with Gasteiger partial charge in [0.1, 0.15) is 0 Å². The molecule has 2 heterocycles. The Hall–Kier alpha value is -2.63. The number of aromatic nitrogens is 2. The number of carbonyl (C=O) groups is 1. The molecule has 29 heavy (non-hydrogen) atoms. The molecule has 0 bridgehead atoms. The highest BCUT2D eigenvalue weighted by atomic mass is 35.5. The molecule has 1 amide bonds. The van der Waals surface area contributed by atoms with Gasteiger partial charge in [-0.3, -0.25) is 4.79 Å². The average Bonchev–Trinajstić information content (AvgIpc) is 2.76. The lowest BCUT2D eigenvalue weighted by Gasteiger charge is -2.27. The molecule has 1 aliphatic heterocycles. The second-order valence-electron chi connectivity index (χ2n) is 6.98. The number of piperidine rings is 1. The molecule has 148 valence electrons. The summed E-state index contributed by atoms with van der Waals surface area (Å²) in [5.74, 6) is 0.592. The van der Waals surface area contributed by atoms with E-state index in [0.717, 1.165) is 30.2 Å². The van der Waals surface area contributed by atoms with Crippen molar-refractivity contribution in [1.29, 1.82) is 0 Å². The number of halogens is 2. The quantitative estimate of drug-likeness (QED) is 0.581. The van der Waals surface area contributed by atoms with Gasteiger partial charge in [-0.25, -0.2) is 0 Å². The lowest BCUT2D eigenvalue weighted by molar-refractivity contribution is 0.102. The number of nitrogens with one attached hydrogen (secondary N) is 1. The van der Waals surface area contributed by atoms with Gasteiger partial charge in [-0.1, -0.05) is 35.3 Å². The van der Waals surface area contributed by atoms with Crippen LogP contribution in [0.25, 0.3) is 11.3 Å². The van der Waals surface area contributed by atoms with Crippen LogP contribution in [0.2, 0.25) is 10.0 Å². The Bertz CT molecular complexity index is 1020. The number of amides is 1. The van der Waals surface area contributed by atoms with E-state index in [1.165, 1.54) is 19.3 Å². The maximum atomic E-state index is 12.6. The maximum absolute atomic E-state index is 12.6. The molecule has 1 saturated heterocycles. The summed E-state index contributed by atoms with van der Waals surface area (Å²) in [6.07, 6.45) is 3.67. The zero-order valence-electron chi connectivity index (χ0n) is 15.7. The third-order valence-corrected chi connectivity index (χ3v) is 5.48. The fourth-order valence-electron chi connectivity index (χ4n) is 3.40. The Balaban J connectivity index is 1.51. The average molecular weight is 427 g/mol. The van der Waals surface area contributed by atoms with E-state index in [9.17, 15) is 4.79 Å². The summed E-state index contributed by atoms with van der Waals surface area (Å²) in [5.41, 5.74) is 2.60. The lowest BCUT2D eigenvalue weighted by atomic mass is 10.1. The van der Waals surface area contributed by atoms with E-state index >= 15 is 0 Å². The topological polar surface area (TPSA) is 58.1 Å². The molecule has 7 heteroatoms.